The van der Waals surface area contributed by atoms with Crippen molar-refractivity contribution in [2.24, 2.45) is 4.99 Å². The minimum Gasteiger partial charge on any atom is -0.493 e. The van der Waals surface area contributed by atoms with Gasteiger partial charge in [0.15, 0.2) is 17.5 Å². The highest BCUT2D eigenvalue weighted by atomic mass is 19.1. The molecule has 0 fully saturated rings. The van der Waals surface area contributed by atoms with Gasteiger partial charge in [0.2, 0.25) is 0 Å². The van der Waals surface area contributed by atoms with Crippen LogP contribution in [0, 0.1) is 17.1 Å². The normalized spacial score (nSPS) is 10.9. The van der Waals surface area contributed by atoms with Gasteiger partial charge in [-0.1, -0.05) is 12.1 Å². The van der Waals surface area contributed by atoms with Crippen LogP contribution in [0.3, 0.4) is 0 Å². The molecule has 27 heavy (non-hydrogen) atoms. The standard InChI is InChI=1S/C20H23FN4O2/c1-4-23-20(25-13-16-7-5-14(11-22)9-17(16)21)24-12-15-6-8-18(26-2)19(10-15)27-3/h5-10H,4,12-13H2,1-3H3,(H2,23,24,25). The van der Waals surface area contributed by atoms with Gasteiger partial charge < -0.3 is 20.1 Å². The largest absolute Gasteiger partial charge is 0.493 e. The van der Waals surface area contributed by atoms with E-state index in [1.807, 2.05) is 31.2 Å². The van der Waals surface area contributed by atoms with E-state index in [-0.39, 0.29) is 6.54 Å². The van der Waals surface area contributed by atoms with Gasteiger partial charge in [0.25, 0.3) is 0 Å². The van der Waals surface area contributed by atoms with Crippen LogP contribution in [0.2, 0.25) is 0 Å². The Morgan fingerprint density at radius 2 is 1.89 bits per heavy atom. The van der Waals surface area contributed by atoms with Crippen molar-refractivity contribution in [2.45, 2.75) is 20.0 Å². The average Bonchev–Trinajstić information content (AvgIpc) is 2.70. The van der Waals surface area contributed by atoms with E-state index in [2.05, 4.69) is 15.6 Å². The predicted octanol–water partition coefficient (Wildman–Crippen LogP) is 2.97. The first-order valence-electron chi connectivity index (χ1n) is 8.52. The van der Waals surface area contributed by atoms with Crippen molar-refractivity contribution in [3.8, 4) is 17.6 Å². The molecular formula is C20H23FN4O2. The fraction of sp³-hybridized carbons (Fsp3) is 0.300. The molecule has 7 heteroatoms. The van der Waals surface area contributed by atoms with Crippen molar-refractivity contribution in [1.29, 1.82) is 5.26 Å². The summed E-state index contributed by atoms with van der Waals surface area (Å²) in [6, 6.07) is 11.9. The Bertz CT molecular complexity index is 846. The molecule has 6 nitrogen and oxygen atoms in total. The third kappa shape index (κ3) is 5.61. The highest BCUT2D eigenvalue weighted by Gasteiger charge is 2.07. The van der Waals surface area contributed by atoms with Gasteiger partial charge in [-0.25, -0.2) is 9.38 Å². The van der Waals surface area contributed by atoms with Gasteiger partial charge in [-0.3, -0.25) is 0 Å². The second kappa shape index (κ2) is 10.0. The van der Waals surface area contributed by atoms with E-state index >= 15 is 0 Å². The fourth-order valence-corrected chi connectivity index (χ4v) is 2.43. The third-order valence-corrected chi connectivity index (χ3v) is 3.84. The van der Waals surface area contributed by atoms with E-state index < -0.39 is 5.82 Å². The molecule has 0 atom stereocenters. The Kier molecular flexibility index (Phi) is 7.44. The number of rotatable bonds is 7. The van der Waals surface area contributed by atoms with E-state index in [0.29, 0.717) is 41.7 Å². The minimum absolute atomic E-state index is 0.259. The first kappa shape index (κ1) is 20.0. The zero-order valence-corrected chi connectivity index (χ0v) is 15.7. The lowest BCUT2D eigenvalue weighted by Gasteiger charge is -2.12. The summed E-state index contributed by atoms with van der Waals surface area (Å²) in [5, 5.41) is 15.0. The number of benzene rings is 2. The van der Waals surface area contributed by atoms with Gasteiger partial charge in [0, 0.05) is 18.7 Å². The summed E-state index contributed by atoms with van der Waals surface area (Å²) in [6.45, 7) is 3.31. The number of guanidine groups is 1. The van der Waals surface area contributed by atoms with Crippen molar-refractivity contribution < 1.29 is 13.9 Å². The van der Waals surface area contributed by atoms with Crippen molar-refractivity contribution in [2.75, 3.05) is 20.8 Å². The van der Waals surface area contributed by atoms with E-state index in [1.54, 1.807) is 26.4 Å². The monoisotopic (exact) mass is 370 g/mol. The van der Waals surface area contributed by atoms with Gasteiger partial charge in [-0.15, -0.1) is 0 Å². The lowest BCUT2D eigenvalue weighted by Crippen LogP contribution is -2.37. The van der Waals surface area contributed by atoms with Crippen molar-refractivity contribution in [3.05, 3.63) is 58.9 Å². The molecule has 0 unspecified atom stereocenters. The quantitative estimate of drug-likeness (QED) is 0.579. The molecule has 2 aromatic rings. The predicted molar refractivity (Wildman–Crippen MR) is 102 cm³/mol. The van der Waals surface area contributed by atoms with Crippen LogP contribution in [-0.2, 0) is 13.1 Å². The summed E-state index contributed by atoms with van der Waals surface area (Å²) in [5.74, 6) is 1.45. The molecule has 2 rings (SSSR count). The molecule has 0 aliphatic heterocycles. The average molecular weight is 370 g/mol. The molecule has 2 aromatic carbocycles. The molecule has 0 saturated heterocycles. The number of halogens is 1. The van der Waals surface area contributed by atoms with E-state index in [0.717, 1.165) is 5.56 Å². The Morgan fingerprint density at radius 1 is 1.11 bits per heavy atom. The van der Waals surface area contributed by atoms with Gasteiger partial charge in [-0.2, -0.15) is 5.26 Å². The zero-order chi connectivity index (χ0) is 19.6. The molecule has 0 saturated carbocycles. The second-order valence-corrected chi connectivity index (χ2v) is 5.66. The smallest absolute Gasteiger partial charge is 0.191 e. The molecule has 0 radical (unpaired) electrons. The first-order valence-corrected chi connectivity index (χ1v) is 8.52. The number of nitriles is 1. The number of methoxy groups -OCH3 is 2. The zero-order valence-electron chi connectivity index (χ0n) is 15.7. The van der Waals surface area contributed by atoms with Gasteiger partial charge in [-0.05, 0) is 36.8 Å². The van der Waals surface area contributed by atoms with Crippen LogP contribution < -0.4 is 20.1 Å². The second-order valence-electron chi connectivity index (χ2n) is 5.66. The summed E-state index contributed by atoms with van der Waals surface area (Å²) >= 11 is 0. The molecule has 0 aliphatic carbocycles. The van der Waals surface area contributed by atoms with E-state index in [9.17, 15) is 4.39 Å². The maximum Gasteiger partial charge on any atom is 0.191 e. The summed E-state index contributed by atoms with van der Waals surface area (Å²) in [6.07, 6.45) is 0. The summed E-state index contributed by atoms with van der Waals surface area (Å²) in [7, 11) is 3.17. The van der Waals surface area contributed by atoms with Crippen molar-refractivity contribution in [3.63, 3.8) is 0 Å². The molecule has 0 amide bonds. The molecule has 0 heterocycles. The van der Waals surface area contributed by atoms with Crippen LogP contribution >= 0.6 is 0 Å². The highest BCUT2D eigenvalue weighted by Crippen LogP contribution is 2.27. The van der Waals surface area contributed by atoms with Crippen LogP contribution in [0.5, 0.6) is 11.5 Å². The summed E-state index contributed by atoms with van der Waals surface area (Å²) in [4.78, 5) is 4.52. The minimum atomic E-state index is -0.419. The Hall–Kier alpha value is -3.27. The Labute approximate surface area is 158 Å². The van der Waals surface area contributed by atoms with Crippen LogP contribution in [0.15, 0.2) is 41.4 Å². The maximum absolute atomic E-state index is 14.0. The molecule has 142 valence electrons. The number of ether oxygens (including phenoxy) is 2. The highest BCUT2D eigenvalue weighted by molar-refractivity contribution is 5.79. The number of aliphatic imine (C=N–C) groups is 1. The lowest BCUT2D eigenvalue weighted by atomic mass is 10.1. The van der Waals surface area contributed by atoms with Crippen LogP contribution in [-0.4, -0.2) is 26.7 Å². The van der Waals surface area contributed by atoms with Crippen LogP contribution in [0.4, 0.5) is 4.39 Å². The number of hydrogen-bond acceptors (Lipinski definition) is 4. The van der Waals surface area contributed by atoms with Crippen LogP contribution in [0.1, 0.15) is 23.6 Å². The molecule has 0 aromatic heterocycles. The van der Waals surface area contributed by atoms with Crippen molar-refractivity contribution >= 4 is 5.96 Å². The van der Waals surface area contributed by atoms with Crippen LogP contribution in [0.25, 0.3) is 0 Å². The topological polar surface area (TPSA) is 78.7 Å². The Morgan fingerprint density at radius 3 is 2.52 bits per heavy atom. The maximum atomic E-state index is 14.0. The van der Waals surface area contributed by atoms with Gasteiger partial charge in [0.05, 0.1) is 32.4 Å². The third-order valence-electron chi connectivity index (χ3n) is 3.84. The molecule has 0 spiro atoms. The van der Waals surface area contributed by atoms with Crippen molar-refractivity contribution in [1.82, 2.24) is 10.6 Å². The van der Waals surface area contributed by atoms with E-state index in [4.69, 9.17) is 14.7 Å². The molecule has 2 N–H and O–H groups in total. The van der Waals surface area contributed by atoms with Gasteiger partial charge >= 0.3 is 0 Å². The molecule has 0 bridgehead atoms. The number of nitrogens with zero attached hydrogens (tertiary/aromatic N) is 2. The molecular weight excluding hydrogens is 347 g/mol. The summed E-state index contributed by atoms with van der Waals surface area (Å²) < 4.78 is 24.5. The SMILES string of the molecule is CCNC(=NCc1ccc(OC)c(OC)c1)NCc1ccc(C#N)cc1F. The van der Waals surface area contributed by atoms with E-state index in [1.165, 1.54) is 6.07 Å². The summed E-state index contributed by atoms with van der Waals surface area (Å²) in [5.41, 5.74) is 1.71. The first-order chi connectivity index (χ1) is 13.1. The Balaban J connectivity index is 2.07. The van der Waals surface area contributed by atoms with Gasteiger partial charge in [0.1, 0.15) is 5.82 Å². The lowest BCUT2D eigenvalue weighted by molar-refractivity contribution is 0.354. The fourth-order valence-electron chi connectivity index (χ4n) is 2.43. The molecule has 0 aliphatic rings. The number of nitrogens with one attached hydrogen (secondary N) is 2. The number of hydrogen-bond donors (Lipinski definition) is 2.